The van der Waals surface area contributed by atoms with Crippen molar-refractivity contribution in [2.45, 2.75) is 6.92 Å². The van der Waals surface area contributed by atoms with Crippen molar-refractivity contribution in [3.05, 3.63) is 12.2 Å². The monoisotopic (exact) mass is 128 g/mol. The van der Waals surface area contributed by atoms with Gasteiger partial charge in [0.1, 0.15) is 0 Å². The number of imide groups is 1. The minimum absolute atomic E-state index is 0.233. The molecule has 50 valence electrons. The van der Waals surface area contributed by atoms with Gasteiger partial charge in [0.2, 0.25) is 6.41 Å². The first-order chi connectivity index (χ1) is 4.09. The van der Waals surface area contributed by atoms with Crippen molar-refractivity contribution >= 4 is 12.3 Å². The first-order valence-corrected chi connectivity index (χ1v) is 2.28. The molecule has 2 amide bonds. The molecule has 0 aliphatic heterocycles. The SMILES string of the molecule is C=C(C)C(=O)N(N)C=O. The van der Waals surface area contributed by atoms with Crippen LogP contribution >= 0.6 is 0 Å². The predicted octanol–water partition coefficient (Wildman–Crippen LogP) is -0.579. The number of hydrogen-bond acceptors (Lipinski definition) is 3. The maximum atomic E-state index is 10.5. The first-order valence-electron chi connectivity index (χ1n) is 2.28. The quantitative estimate of drug-likeness (QED) is 0.178. The van der Waals surface area contributed by atoms with Gasteiger partial charge < -0.3 is 0 Å². The zero-order valence-electron chi connectivity index (χ0n) is 5.13. The Labute approximate surface area is 52.9 Å². The normalized spacial score (nSPS) is 8.22. The Morgan fingerprint density at radius 3 is 2.33 bits per heavy atom. The largest absolute Gasteiger partial charge is 0.277 e. The van der Waals surface area contributed by atoms with Crippen LogP contribution in [0.15, 0.2) is 12.2 Å². The Kier molecular flexibility index (Phi) is 2.60. The lowest BCUT2D eigenvalue weighted by atomic mass is 10.3. The molecule has 0 aliphatic carbocycles. The van der Waals surface area contributed by atoms with E-state index in [1.807, 2.05) is 0 Å². The van der Waals surface area contributed by atoms with Gasteiger partial charge in [-0.1, -0.05) is 6.58 Å². The summed E-state index contributed by atoms with van der Waals surface area (Å²) in [4.78, 5) is 20.3. The van der Waals surface area contributed by atoms with Crippen LogP contribution in [0.2, 0.25) is 0 Å². The van der Waals surface area contributed by atoms with Crippen molar-refractivity contribution in [1.82, 2.24) is 5.01 Å². The van der Waals surface area contributed by atoms with Crippen molar-refractivity contribution in [3.8, 4) is 0 Å². The summed E-state index contributed by atoms with van der Waals surface area (Å²) in [5, 5.41) is 0.447. The second-order valence-electron chi connectivity index (χ2n) is 1.60. The number of nitrogens with two attached hydrogens (primary N) is 1. The number of carbonyl (C=O) groups is 2. The average molecular weight is 128 g/mol. The fourth-order valence-electron chi connectivity index (χ4n) is 0.268. The summed E-state index contributed by atoms with van der Waals surface area (Å²) in [6.07, 6.45) is 0.233. The van der Waals surface area contributed by atoms with Crippen molar-refractivity contribution in [3.63, 3.8) is 0 Å². The third-order valence-electron chi connectivity index (χ3n) is 0.713. The summed E-state index contributed by atoms with van der Waals surface area (Å²) >= 11 is 0. The van der Waals surface area contributed by atoms with Gasteiger partial charge in [0.05, 0.1) is 0 Å². The molecule has 0 aromatic heterocycles. The van der Waals surface area contributed by atoms with Crippen molar-refractivity contribution in [2.24, 2.45) is 5.84 Å². The predicted molar refractivity (Wildman–Crippen MR) is 31.9 cm³/mol. The third-order valence-corrected chi connectivity index (χ3v) is 0.713. The van der Waals surface area contributed by atoms with Crippen LogP contribution in [-0.4, -0.2) is 17.3 Å². The Balaban J connectivity index is 4.03. The molecule has 0 aromatic rings. The maximum absolute atomic E-state index is 10.5. The van der Waals surface area contributed by atoms with E-state index < -0.39 is 5.91 Å². The third kappa shape index (κ3) is 2.05. The van der Waals surface area contributed by atoms with E-state index in [1.54, 1.807) is 0 Å². The number of rotatable bonds is 2. The van der Waals surface area contributed by atoms with Crippen molar-refractivity contribution in [1.29, 1.82) is 0 Å². The zero-order chi connectivity index (χ0) is 7.44. The van der Waals surface area contributed by atoms with Crippen molar-refractivity contribution < 1.29 is 9.59 Å². The topological polar surface area (TPSA) is 63.4 Å². The molecule has 0 bridgehead atoms. The van der Waals surface area contributed by atoms with E-state index in [0.717, 1.165) is 0 Å². The Morgan fingerprint density at radius 2 is 2.22 bits per heavy atom. The van der Waals surface area contributed by atoms with E-state index in [1.165, 1.54) is 6.92 Å². The molecule has 0 spiro atoms. The number of amides is 2. The lowest BCUT2D eigenvalue weighted by Crippen LogP contribution is -2.36. The van der Waals surface area contributed by atoms with Gasteiger partial charge in [-0.3, -0.25) is 9.59 Å². The van der Waals surface area contributed by atoms with Crippen LogP contribution in [0.25, 0.3) is 0 Å². The molecule has 0 unspecified atom stereocenters. The van der Waals surface area contributed by atoms with E-state index in [-0.39, 0.29) is 12.0 Å². The summed E-state index contributed by atoms with van der Waals surface area (Å²) in [6.45, 7) is 4.77. The maximum Gasteiger partial charge on any atom is 0.269 e. The van der Waals surface area contributed by atoms with E-state index in [9.17, 15) is 9.59 Å². The van der Waals surface area contributed by atoms with Gasteiger partial charge >= 0.3 is 0 Å². The highest BCUT2D eigenvalue weighted by Gasteiger charge is 2.06. The van der Waals surface area contributed by atoms with Crippen LogP contribution in [0.3, 0.4) is 0 Å². The molecule has 4 nitrogen and oxygen atoms in total. The van der Waals surface area contributed by atoms with Crippen LogP contribution in [0.1, 0.15) is 6.92 Å². The van der Waals surface area contributed by atoms with Gasteiger partial charge in [-0.2, -0.15) is 0 Å². The number of hydrazine groups is 1. The summed E-state index contributed by atoms with van der Waals surface area (Å²) in [7, 11) is 0. The lowest BCUT2D eigenvalue weighted by Gasteiger charge is -2.05. The van der Waals surface area contributed by atoms with Crippen LogP contribution in [-0.2, 0) is 9.59 Å². The van der Waals surface area contributed by atoms with Gasteiger partial charge in [-0.25, -0.2) is 10.9 Å². The summed E-state index contributed by atoms with van der Waals surface area (Å²) in [5.41, 5.74) is 0.240. The molecular weight excluding hydrogens is 120 g/mol. The summed E-state index contributed by atoms with van der Waals surface area (Å²) < 4.78 is 0. The highest BCUT2D eigenvalue weighted by atomic mass is 16.2. The number of nitrogens with zero attached hydrogens (tertiary/aromatic N) is 1. The van der Waals surface area contributed by atoms with Crippen LogP contribution in [0, 0.1) is 0 Å². The number of carbonyl (C=O) groups excluding carboxylic acids is 2. The fraction of sp³-hybridized carbons (Fsp3) is 0.200. The highest BCUT2D eigenvalue weighted by Crippen LogP contribution is 1.88. The van der Waals surface area contributed by atoms with Gasteiger partial charge in [-0.15, -0.1) is 0 Å². The molecule has 4 heteroatoms. The Morgan fingerprint density at radius 1 is 1.78 bits per heavy atom. The summed E-state index contributed by atoms with van der Waals surface area (Å²) in [5.74, 6) is 4.31. The fourth-order valence-corrected chi connectivity index (χ4v) is 0.268. The van der Waals surface area contributed by atoms with E-state index in [2.05, 4.69) is 6.58 Å². The molecule has 0 saturated carbocycles. The average Bonchev–Trinajstić information content (AvgIpc) is 1.84. The minimum Gasteiger partial charge on any atom is -0.277 e. The van der Waals surface area contributed by atoms with Crippen molar-refractivity contribution in [2.75, 3.05) is 0 Å². The summed E-state index contributed by atoms with van der Waals surface area (Å²) in [6, 6.07) is 0. The van der Waals surface area contributed by atoms with E-state index in [0.29, 0.717) is 5.01 Å². The van der Waals surface area contributed by atoms with Gasteiger partial charge in [0, 0.05) is 5.57 Å². The molecule has 0 heterocycles. The Hall–Kier alpha value is -1.16. The van der Waals surface area contributed by atoms with Crippen LogP contribution in [0.5, 0.6) is 0 Å². The molecule has 0 fully saturated rings. The molecule has 0 atom stereocenters. The second-order valence-corrected chi connectivity index (χ2v) is 1.60. The first kappa shape index (κ1) is 7.84. The molecule has 0 radical (unpaired) electrons. The molecule has 0 aliphatic rings. The minimum atomic E-state index is -0.565. The standard InChI is InChI=1S/C5H8N2O2/c1-4(2)5(9)7(6)3-8/h3H,1,6H2,2H3. The smallest absolute Gasteiger partial charge is 0.269 e. The van der Waals surface area contributed by atoms with E-state index in [4.69, 9.17) is 5.84 Å². The van der Waals surface area contributed by atoms with E-state index >= 15 is 0 Å². The van der Waals surface area contributed by atoms with Gasteiger partial charge in [-0.05, 0) is 6.92 Å². The highest BCUT2D eigenvalue weighted by molar-refractivity contribution is 5.97. The molecular formula is C5H8N2O2. The van der Waals surface area contributed by atoms with Crippen LogP contribution < -0.4 is 5.84 Å². The second kappa shape index (κ2) is 2.99. The van der Waals surface area contributed by atoms with Gasteiger partial charge in [0.25, 0.3) is 5.91 Å². The Bertz CT molecular complexity index is 153. The molecule has 9 heavy (non-hydrogen) atoms. The molecule has 0 saturated heterocycles. The zero-order valence-corrected chi connectivity index (χ0v) is 5.13. The molecule has 2 N–H and O–H groups in total. The van der Waals surface area contributed by atoms with Gasteiger partial charge in [0.15, 0.2) is 0 Å². The molecule has 0 aromatic carbocycles. The molecule has 0 rings (SSSR count). The number of hydrogen-bond donors (Lipinski definition) is 1. The van der Waals surface area contributed by atoms with Crippen LogP contribution in [0.4, 0.5) is 0 Å². The lowest BCUT2D eigenvalue weighted by molar-refractivity contribution is -0.135.